The second-order valence-electron chi connectivity index (χ2n) is 7.19. The summed E-state index contributed by atoms with van der Waals surface area (Å²) >= 11 is 1.41. The molecule has 1 rings (SSSR count). The molecule has 0 aliphatic heterocycles. The van der Waals surface area contributed by atoms with Gasteiger partial charge in [0.2, 0.25) is 5.91 Å². The van der Waals surface area contributed by atoms with Crippen molar-refractivity contribution in [3.63, 3.8) is 0 Å². The molecule has 1 heterocycles. The molecule has 9 heteroatoms. The van der Waals surface area contributed by atoms with Crippen molar-refractivity contribution < 1.29 is 19.1 Å². The number of hydrogen-bond donors (Lipinski definition) is 2. The van der Waals surface area contributed by atoms with E-state index in [4.69, 9.17) is 9.47 Å². The monoisotopic (exact) mass is 398 g/mol. The molecule has 2 N–H and O–H groups in total. The van der Waals surface area contributed by atoms with Crippen LogP contribution in [-0.4, -0.2) is 65.5 Å². The lowest BCUT2D eigenvalue weighted by molar-refractivity contribution is -0.142. The Kier molecular flexibility index (Phi) is 9.14. The summed E-state index contributed by atoms with van der Waals surface area (Å²) in [6.07, 6.45) is 4.87. The average Bonchev–Trinajstić information content (AvgIpc) is 2.64. The highest BCUT2D eigenvalue weighted by Gasteiger charge is 2.27. The molecule has 0 fully saturated rings. The molecular weight excluding hydrogens is 368 g/mol. The molecule has 152 valence electrons. The predicted octanol–water partition coefficient (Wildman–Crippen LogP) is 1.65. The first-order valence-electron chi connectivity index (χ1n) is 8.77. The van der Waals surface area contributed by atoms with Crippen molar-refractivity contribution >= 4 is 23.6 Å². The van der Waals surface area contributed by atoms with Gasteiger partial charge in [0, 0.05) is 25.5 Å². The Morgan fingerprint density at radius 1 is 1.07 bits per heavy atom. The molecule has 0 aliphatic rings. The van der Waals surface area contributed by atoms with Crippen LogP contribution in [0.5, 0.6) is 0 Å². The third-order valence-corrected chi connectivity index (χ3v) is 4.10. The van der Waals surface area contributed by atoms with Crippen LogP contribution < -0.4 is 10.6 Å². The number of nitrogens with zero attached hydrogens (tertiary/aromatic N) is 2. The van der Waals surface area contributed by atoms with E-state index in [1.165, 1.54) is 24.2 Å². The van der Waals surface area contributed by atoms with Gasteiger partial charge >= 0.3 is 0 Å². The summed E-state index contributed by atoms with van der Waals surface area (Å²) in [5, 5.41) is 6.12. The van der Waals surface area contributed by atoms with Crippen LogP contribution in [0.3, 0.4) is 0 Å². The van der Waals surface area contributed by atoms with Crippen molar-refractivity contribution in [2.24, 2.45) is 0 Å². The van der Waals surface area contributed by atoms with Gasteiger partial charge in [-0.15, -0.1) is 0 Å². The van der Waals surface area contributed by atoms with Crippen LogP contribution in [0.2, 0.25) is 0 Å². The first-order valence-corrected chi connectivity index (χ1v) is 10.00. The standard InChI is InChI=1S/C18H30N4O4S/c1-7-19-14(23)10-25-18(4,5)12-26-17(2,3)11-22-15(24)13-8-20-16(27-6)21-9-13/h8-9H,7,10-12H2,1-6H3,(H,19,23)(H,22,24). The van der Waals surface area contributed by atoms with E-state index in [9.17, 15) is 9.59 Å². The lowest BCUT2D eigenvalue weighted by Gasteiger charge is -2.32. The summed E-state index contributed by atoms with van der Waals surface area (Å²) < 4.78 is 11.5. The van der Waals surface area contributed by atoms with Crippen LogP contribution in [0.1, 0.15) is 45.0 Å². The van der Waals surface area contributed by atoms with Gasteiger partial charge < -0.3 is 20.1 Å². The van der Waals surface area contributed by atoms with Gasteiger partial charge in [-0.1, -0.05) is 11.8 Å². The molecule has 0 saturated carbocycles. The molecular formula is C18H30N4O4S. The third-order valence-electron chi connectivity index (χ3n) is 3.53. The zero-order chi connectivity index (χ0) is 20.5. The zero-order valence-corrected chi connectivity index (χ0v) is 17.7. The van der Waals surface area contributed by atoms with Gasteiger partial charge in [-0.25, -0.2) is 9.97 Å². The number of likely N-dealkylation sites (N-methyl/N-ethyl adjacent to an activating group) is 1. The van der Waals surface area contributed by atoms with Crippen LogP contribution in [0.25, 0.3) is 0 Å². The Morgan fingerprint density at radius 2 is 1.70 bits per heavy atom. The van der Waals surface area contributed by atoms with Crippen molar-refractivity contribution in [2.75, 3.05) is 32.6 Å². The Bertz CT molecular complexity index is 620. The predicted molar refractivity (Wildman–Crippen MR) is 105 cm³/mol. The first kappa shape index (κ1) is 23.3. The van der Waals surface area contributed by atoms with Gasteiger partial charge in [0.05, 0.1) is 23.4 Å². The smallest absolute Gasteiger partial charge is 0.254 e. The first-order chi connectivity index (χ1) is 12.6. The lowest BCUT2D eigenvalue weighted by atomic mass is 10.1. The number of aromatic nitrogens is 2. The highest BCUT2D eigenvalue weighted by Crippen LogP contribution is 2.16. The maximum Gasteiger partial charge on any atom is 0.254 e. The van der Waals surface area contributed by atoms with Gasteiger partial charge in [-0.05, 0) is 40.9 Å². The summed E-state index contributed by atoms with van der Waals surface area (Å²) in [6, 6.07) is 0. The number of thioether (sulfide) groups is 1. The van der Waals surface area contributed by atoms with Gasteiger partial charge in [0.25, 0.3) is 5.91 Å². The van der Waals surface area contributed by atoms with Crippen molar-refractivity contribution in [1.82, 2.24) is 20.6 Å². The van der Waals surface area contributed by atoms with Gasteiger partial charge in [0.15, 0.2) is 5.16 Å². The topological polar surface area (TPSA) is 102 Å². The van der Waals surface area contributed by atoms with Crippen LogP contribution >= 0.6 is 11.8 Å². The minimum absolute atomic E-state index is 0.0204. The SMILES string of the molecule is CCNC(=O)COC(C)(C)COC(C)(C)CNC(=O)c1cnc(SC)nc1. The lowest BCUT2D eigenvalue weighted by Crippen LogP contribution is -2.44. The minimum Gasteiger partial charge on any atom is -0.371 e. The van der Waals surface area contributed by atoms with E-state index in [2.05, 4.69) is 20.6 Å². The Hall–Kier alpha value is -1.71. The molecule has 27 heavy (non-hydrogen) atoms. The van der Waals surface area contributed by atoms with Crippen molar-refractivity contribution in [3.05, 3.63) is 18.0 Å². The second-order valence-corrected chi connectivity index (χ2v) is 7.96. The highest BCUT2D eigenvalue weighted by molar-refractivity contribution is 7.98. The molecule has 1 aromatic heterocycles. The number of carbonyl (C=O) groups is 2. The third kappa shape index (κ3) is 9.16. The fourth-order valence-corrected chi connectivity index (χ4v) is 2.22. The van der Waals surface area contributed by atoms with E-state index < -0.39 is 11.2 Å². The number of hydrogen-bond acceptors (Lipinski definition) is 7. The van der Waals surface area contributed by atoms with Gasteiger partial charge in [-0.2, -0.15) is 0 Å². The molecule has 0 atom stereocenters. The van der Waals surface area contributed by atoms with Crippen LogP contribution in [0, 0.1) is 0 Å². The Balaban J connectivity index is 2.45. The zero-order valence-electron chi connectivity index (χ0n) is 16.9. The number of carbonyl (C=O) groups excluding carboxylic acids is 2. The Morgan fingerprint density at radius 3 is 2.26 bits per heavy atom. The fraction of sp³-hybridized carbons (Fsp3) is 0.667. The van der Waals surface area contributed by atoms with E-state index in [-0.39, 0.29) is 25.0 Å². The Labute approximate surface area is 165 Å². The van der Waals surface area contributed by atoms with Crippen LogP contribution in [-0.2, 0) is 14.3 Å². The maximum atomic E-state index is 12.2. The average molecular weight is 399 g/mol. The van der Waals surface area contributed by atoms with E-state index in [0.29, 0.717) is 23.8 Å². The highest BCUT2D eigenvalue weighted by atomic mass is 32.2. The van der Waals surface area contributed by atoms with E-state index in [0.717, 1.165) is 0 Å². The number of rotatable bonds is 11. The number of amides is 2. The molecule has 1 aromatic rings. The molecule has 0 spiro atoms. The fourth-order valence-electron chi connectivity index (χ4n) is 1.91. The molecule has 0 unspecified atom stereocenters. The molecule has 2 amide bonds. The number of ether oxygens (including phenoxy) is 2. The molecule has 0 aromatic carbocycles. The second kappa shape index (κ2) is 10.6. The molecule has 0 radical (unpaired) electrons. The van der Waals surface area contributed by atoms with E-state index >= 15 is 0 Å². The largest absolute Gasteiger partial charge is 0.371 e. The maximum absolute atomic E-state index is 12.2. The van der Waals surface area contributed by atoms with E-state index in [1.54, 1.807) is 0 Å². The molecule has 8 nitrogen and oxygen atoms in total. The van der Waals surface area contributed by atoms with E-state index in [1.807, 2.05) is 40.9 Å². The molecule has 0 saturated heterocycles. The summed E-state index contributed by atoms with van der Waals surface area (Å²) in [6.45, 7) is 10.4. The van der Waals surface area contributed by atoms with Gasteiger partial charge in [-0.3, -0.25) is 9.59 Å². The quantitative estimate of drug-likeness (QED) is 0.432. The van der Waals surface area contributed by atoms with Crippen molar-refractivity contribution in [3.8, 4) is 0 Å². The minimum atomic E-state index is -0.631. The van der Waals surface area contributed by atoms with Crippen LogP contribution in [0.4, 0.5) is 0 Å². The normalized spacial score (nSPS) is 11.9. The van der Waals surface area contributed by atoms with Crippen LogP contribution in [0.15, 0.2) is 17.6 Å². The molecule has 0 aliphatic carbocycles. The van der Waals surface area contributed by atoms with Gasteiger partial charge in [0.1, 0.15) is 6.61 Å². The van der Waals surface area contributed by atoms with Crippen molar-refractivity contribution in [1.29, 1.82) is 0 Å². The summed E-state index contributed by atoms with van der Waals surface area (Å²) in [5.74, 6) is -0.419. The summed E-state index contributed by atoms with van der Waals surface area (Å²) in [5.41, 5.74) is -0.843. The number of nitrogens with one attached hydrogen (secondary N) is 2. The van der Waals surface area contributed by atoms with Crippen molar-refractivity contribution in [2.45, 2.75) is 51.0 Å². The molecule has 0 bridgehead atoms. The summed E-state index contributed by atoms with van der Waals surface area (Å²) in [7, 11) is 0. The summed E-state index contributed by atoms with van der Waals surface area (Å²) in [4.78, 5) is 31.9.